The summed E-state index contributed by atoms with van der Waals surface area (Å²) in [4.78, 5) is 15.5. The summed E-state index contributed by atoms with van der Waals surface area (Å²) in [5.41, 5.74) is 0.557. The van der Waals surface area contributed by atoms with Gasteiger partial charge in [-0.05, 0) is 30.2 Å². The van der Waals surface area contributed by atoms with Crippen LogP contribution < -0.4 is 0 Å². The number of thiazole rings is 1. The Morgan fingerprint density at radius 3 is 3.00 bits per heavy atom. The van der Waals surface area contributed by atoms with Crippen LogP contribution in [0, 0.1) is 6.92 Å². The molecule has 3 rings (SSSR count). The summed E-state index contributed by atoms with van der Waals surface area (Å²) in [6.07, 6.45) is 2.25. The van der Waals surface area contributed by atoms with Crippen LogP contribution in [0.1, 0.15) is 40.1 Å². The van der Waals surface area contributed by atoms with Gasteiger partial charge in [0.25, 0.3) is 0 Å². The van der Waals surface area contributed by atoms with E-state index in [-0.39, 0.29) is 0 Å². The number of nitrogens with zero attached hydrogens (tertiary/aromatic N) is 5. The molecule has 19 heavy (non-hydrogen) atoms. The van der Waals surface area contributed by atoms with Crippen LogP contribution >= 0.6 is 23.1 Å². The Hall–Kier alpha value is -1.48. The topological polar surface area (TPSA) is 93.8 Å². The van der Waals surface area contributed by atoms with E-state index in [1.165, 1.54) is 23.1 Å². The Balaban J connectivity index is 1.70. The molecule has 0 atom stereocenters. The molecule has 1 aliphatic carbocycles. The third kappa shape index (κ3) is 2.61. The summed E-state index contributed by atoms with van der Waals surface area (Å²) >= 11 is 2.66. The lowest BCUT2D eigenvalue weighted by Crippen LogP contribution is -2.02. The van der Waals surface area contributed by atoms with Crippen LogP contribution in [0.25, 0.3) is 0 Å². The van der Waals surface area contributed by atoms with Gasteiger partial charge in [0.15, 0.2) is 10.2 Å². The van der Waals surface area contributed by atoms with Gasteiger partial charge in [-0.2, -0.15) is 0 Å². The number of hydrogen-bond acceptors (Lipinski definition) is 7. The lowest BCUT2D eigenvalue weighted by atomic mass is 10.4. The van der Waals surface area contributed by atoms with Crippen molar-refractivity contribution in [3.05, 3.63) is 16.4 Å². The number of aromatic nitrogens is 5. The van der Waals surface area contributed by atoms with Gasteiger partial charge in [-0.15, -0.1) is 16.4 Å². The zero-order chi connectivity index (χ0) is 13.4. The van der Waals surface area contributed by atoms with Gasteiger partial charge in [-0.25, -0.2) is 14.5 Å². The van der Waals surface area contributed by atoms with E-state index in [1.54, 1.807) is 6.92 Å². The number of thioether (sulfide) groups is 1. The largest absolute Gasteiger partial charge is 0.477 e. The van der Waals surface area contributed by atoms with E-state index in [4.69, 9.17) is 5.11 Å². The zero-order valence-corrected chi connectivity index (χ0v) is 11.7. The van der Waals surface area contributed by atoms with Gasteiger partial charge < -0.3 is 5.11 Å². The molecule has 0 unspecified atom stereocenters. The first-order valence-corrected chi connectivity index (χ1v) is 7.55. The predicted octanol–water partition coefficient (Wildman–Crippen LogP) is 1.76. The minimum absolute atomic E-state index is 0.296. The van der Waals surface area contributed by atoms with Gasteiger partial charge >= 0.3 is 5.97 Å². The van der Waals surface area contributed by atoms with E-state index < -0.39 is 5.97 Å². The van der Waals surface area contributed by atoms with Gasteiger partial charge in [0.1, 0.15) is 4.88 Å². The van der Waals surface area contributed by atoms with Gasteiger partial charge in [0.05, 0.1) is 17.5 Å². The monoisotopic (exact) mass is 297 g/mol. The van der Waals surface area contributed by atoms with Crippen LogP contribution in [0.15, 0.2) is 4.34 Å². The van der Waals surface area contributed by atoms with Crippen LogP contribution in [0.4, 0.5) is 0 Å². The Kier molecular flexibility index (Phi) is 3.23. The summed E-state index contributed by atoms with van der Waals surface area (Å²) in [7, 11) is 0. The molecule has 0 radical (unpaired) electrons. The Morgan fingerprint density at radius 2 is 2.37 bits per heavy atom. The molecule has 0 aromatic carbocycles. The Bertz CT molecular complexity index is 619. The van der Waals surface area contributed by atoms with Crippen molar-refractivity contribution in [3.63, 3.8) is 0 Å². The number of aryl methyl sites for hydroxylation is 1. The molecule has 0 spiro atoms. The number of aromatic carboxylic acids is 1. The van der Waals surface area contributed by atoms with Gasteiger partial charge in [0.2, 0.25) is 0 Å². The first-order valence-electron chi connectivity index (χ1n) is 5.75. The van der Waals surface area contributed by atoms with E-state index in [9.17, 15) is 4.79 Å². The maximum absolute atomic E-state index is 10.9. The van der Waals surface area contributed by atoms with Crippen LogP contribution in [0.5, 0.6) is 0 Å². The summed E-state index contributed by atoms with van der Waals surface area (Å²) < 4.78 is 2.59. The molecule has 7 nitrogen and oxygen atoms in total. The minimum atomic E-state index is -0.926. The molecule has 1 saturated carbocycles. The van der Waals surface area contributed by atoms with Gasteiger partial charge in [-0.1, -0.05) is 11.8 Å². The molecule has 1 fully saturated rings. The first-order chi connectivity index (χ1) is 9.15. The Labute approximate surface area is 117 Å². The lowest BCUT2D eigenvalue weighted by molar-refractivity contribution is 0.0701. The third-order valence-electron chi connectivity index (χ3n) is 2.75. The average Bonchev–Trinajstić information content (AvgIpc) is 2.98. The molecule has 2 aromatic rings. The van der Waals surface area contributed by atoms with Crippen molar-refractivity contribution >= 4 is 29.1 Å². The molecule has 1 N–H and O–H groups in total. The predicted molar refractivity (Wildman–Crippen MR) is 69.5 cm³/mol. The van der Waals surface area contributed by atoms with Crippen LogP contribution in [-0.4, -0.2) is 36.3 Å². The highest BCUT2D eigenvalue weighted by Crippen LogP contribution is 2.36. The fourth-order valence-corrected chi connectivity index (χ4v) is 3.61. The molecular weight excluding hydrogens is 286 g/mol. The number of hydrogen-bond donors (Lipinski definition) is 1. The zero-order valence-electron chi connectivity index (χ0n) is 10.1. The lowest BCUT2D eigenvalue weighted by Gasteiger charge is -1.99. The van der Waals surface area contributed by atoms with Crippen molar-refractivity contribution in [1.82, 2.24) is 25.2 Å². The van der Waals surface area contributed by atoms with Gasteiger partial charge in [0, 0.05) is 0 Å². The second kappa shape index (κ2) is 4.89. The van der Waals surface area contributed by atoms with E-state index in [0.29, 0.717) is 22.4 Å². The second-order valence-corrected chi connectivity index (χ2v) is 6.48. The standard InChI is InChI=1S/C10H11N5O2S2/c1-5-8(9(16)17)19-10(11-5)18-4-7-12-13-14-15(7)6-2-3-6/h6H,2-4H2,1H3,(H,16,17). The maximum atomic E-state index is 10.9. The van der Waals surface area contributed by atoms with E-state index in [0.717, 1.165) is 23.0 Å². The molecule has 1 aliphatic rings. The van der Waals surface area contributed by atoms with Crippen LogP contribution in [-0.2, 0) is 5.75 Å². The van der Waals surface area contributed by atoms with Crippen molar-refractivity contribution in [2.45, 2.75) is 35.9 Å². The summed E-state index contributed by atoms with van der Waals surface area (Å²) in [6, 6.07) is 0.443. The molecule has 2 heterocycles. The quantitative estimate of drug-likeness (QED) is 0.840. The molecule has 2 aromatic heterocycles. The normalized spacial score (nSPS) is 14.8. The maximum Gasteiger partial charge on any atom is 0.347 e. The molecule has 0 aliphatic heterocycles. The molecular formula is C10H11N5O2S2. The van der Waals surface area contributed by atoms with Crippen molar-refractivity contribution in [2.24, 2.45) is 0 Å². The molecule has 0 saturated heterocycles. The molecule has 0 bridgehead atoms. The number of rotatable bonds is 5. The third-order valence-corrected chi connectivity index (χ3v) is 5.03. The minimum Gasteiger partial charge on any atom is -0.477 e. The highest BCUT2D eigenvalue weighted by atomic mass is 32.2. The van der Waals surface area contributed by atoms with E-state index >= 15 is 0 Å². The Morgan fingerprint density at radius 1 is 1.58 bits per heavy atom. The smallest absolute Gasteiger partial charge is 0.347 e. The van der Waals surface area contributed by atoms with Gasteiger partial charge in [-0.3, -0.25) is 0 Å². The number of tetrazole rings is 1. The van der Waals surface area contributed by atoms with Crippen molar-refractivity contribution in [1.29, 1.82) is 0 Å². The van der Waals surface area contributed by atoms with Crippen LogP contribution in [0.3, 0.4) is 0 Å². The molecule has 0 amide bonds. The highest BCUT2D eigenvalue weighted by molar-refractivity contribution is 8.00. The van der Waals surface area contributed by atoms with E-state index in [1.807, 2.05) is 4.68 Å². The summed E-state index contributed by atoms with van der Waals surface area (Å²) in [5.74, 6) is 0.497. The highest BCUT2D eigenvalue weighted by Gasteiger charge is 2.27. The average molecular weight is 297 g/mol. The van der Waals surface area contributed by atoms with Crippen molar-refractivity contribution in [3.8, 4) is 0 Å². The second-order valence-electron chi connectivity index (χ2n) is 4.26. The fraction of sp³-hybridized carbons (Fsp3) is 0.500. The fourth-order valence-electron chi connectivity index (χ4n) is 1.67. The first kappa shape index (κ1) is 12.5. The SMILES string of the molecule is Cc1nc(SCc2nnnn2C2CC2)sc1C(=O)O. The summed E-state index contributed by atoms with van der Waals surface area (Å²) in [6.45, 7) is 1.71. The molecule has 9 heteroatoms. The van der Waals surface area contributed by atoms with Crippen LogP contribution in [0.2, 0.25) is 0 Å². The number of carbonyl (C=O) groups is 1. The van der Waals surface area contributed by atoms with Crippen molar-refractivity contribution < 1.29 is 9.90 Å². The summed E-state index contributed by atoms with van der Waals surface area (Å²) in [5, 5.41) is 20.6. The number of carboxylic acids is 1. The number of carboxylic acid groups (broad SMARTS) is 1. The molecule has 100 valence electrons. The van der Waals surface area contributed by atoms with E-state index in [2.05, 4.69) is 20.5 Å². The van der Waals surface area contributed by atoms with Crippen molar-refractivity contribution in [2.75, 3.05) is 0 Å².